The van der Waals surface area contributed by atoms with Gasteiger partial charge >= 0.3 is 0 Å². The van der Waals surface area contributed by atoms with Gasteiger partial charge in [-0.3, -0.25) is 0 Å². The van der Waals surface area contributed by atoms with E-state index in [9.17, 15) is 8.42 Å². The molecule has 0 radical (unpaired) electrons. The largest absolute Gasteiger partial charge is 0.241 e. The highest BCUT2D eigenvalue weighted by molar-refractivity contribution is 7.89. The molecule has 1 atom stereocenters. The summed E-state index contributed by atoms with van der Waals surface area (Å²) < 4.78 is 26.9. The molecule has 0 saturated heterocycles. The van der Waals surface area contributed by atoms with Gasteiger partial charge < -0.3 is 0 Å². The summed E-state index contributed by atoms with van der Waals surface area (Å²) in [5, 5.41) is 13.2. The number of hydrogen-bond donors (Lipinski definition) is 2. The maximum Gasteiger partial charge on any atom is 0.241 e. The topological polar surface area (TPSA) is 101 Å². The van der Waals surface area contributed by atoms with Gasteiger partial charge in [0.25, 0.3) is 0 Å². The summed E-state index contributed by atoms with van der Waals surface area (Å²) in [5.41, 5.74) is 1.97. The van der Waals surface area contributed by atoms with E-state index >= 15 is 0 Å². The molecule has 2 N–H and O–H groups in total. The number of sulfonamides is 1. The summed E-state index contributed by atoms with van der Waals surface area (Å²) in [5.74, 6) is 0.299. The Morgan fingerprint density at radius 1 is 1.26 bits per heavy atom. The van der Waals surface area contributed by atoms with Gasteiger partial charge in [0.1, 0.15) is 0 Å². The summed E-state index contributed by atoms with van der Waals surface area (Å²) in [6.45, 7) is 5.46. The van der Waals surface area contributed by atoms with E-state index in [0.717, 1.165) is 11.1 Å². The zero-order valence-electron chi connectivity index (χ0n) is 10.9. The number of aromatic amines is 1. The quantitative estimate of drug-likeness (QED) is 0.865. The molecule has 8 heteroatoms. The van der Waals surface area contributed by atoms with E-state index < -0.39 is 16.1 Å². The first-order valence-corrected chi connectivity index (χ1v) is 7.21. The van der Waals surface area contributed by atoms with Crippen LogP contribution in [0.3, 0.4) is 0 Å². The van der Waals surface area contributed by atoms with Crippen LogP contribution in [-0.2, 0) is 10.0 Å². The average Bonchev–Trinajstić information content (AvgIpc) is 2.85. The number of benzene rings is 1. The van der Waals surface area contributed by atoms with Gasteiger partial charge in [0.2, 0.25) is 10.0 Å². The summed E-state index contributed by atoms with van der Waals surface area (Å²) in [4.78, 5) is 0.228. The summed E-state index contributed by atoms with van der Waals surface area (Å²) in [6, 6.07) is 4.45. The van der Waals surface area contributed by atoms with Gasteiger partial charge in [-0.1, -0.05) is 11.3 Å². The van der Waals surface area contributed by atoms with E-state index in [1.807, 2.05) is 13.8 Å². The van der Waals surface area contributed by atoms with E-state index in [1.54, 1.807) is 25.1 Å². The Hall–Kier alpha value is -1.80. The number of H-pyrrole nitrogens is 1. The molecular weight excluding hydrogens is 266 g/mol. The Morgan fingerprint density at radius 2 is 2.00 bits per heavy atom. The maximum atomic E-state index is 12.2. The normalized spacial score (nSPS) is 13.4. The molecule has 19 heavy (non-hydrogen) atoms. The van der Waals surface area contributed by atoms with E-state index in [2.05, 4.69) is 25.3 Å². The van der Waals surface area contributed by atoms with Gasteiger partial charge in [-0.25, -0.2) is 13.1 Å². The van der Waals surface area contributed by atoms with Crippen molar-refractivity contribution in [2.45, 2.75) is 31.7 Å². The number of rotatable bonds is 4. The molecule has 2 aromatic rings. The second kappa shape index (κ2) is 5.06. The SMILES string of the molecule is Cc1ccc(S(=O)(=O)NC(C)c2nn[nH]n2)cc1C. The Bertz CT molecular complexity index is 666. The van der Waals surface area contributed by atoms with Gasteiger partial charge in [-0.2, -0.15) is 5.21 Å². The molecule has 0 spiro atoms. The lowest BCUT2D eigenvalue weighted by Crippen LogP contribution is -2.27. The number of hydrogen-bond acceptors (Lipinski definition) is 5. The molecule has 7 nitrogen and oxygen atoms in total. The van der Waals surface area contributed by atoms with Crippen LogP contribution in [-0.4, -0.2) is 29.0 Å². The first-order chi connectivity index (χ1) is 8.90. The molecule has 0 saturated carbocycles. The van der Waals surface area contributed by atoms with Gasteiger partial charge in [0, 0.05) is 0 Å². The Morgan fingerprint density at radius 3 is 2.58 bits per heavy atom. The fraction of sp³-hybridized carbons (Fsp3) is 0.364. The van der Waals surface area contributed by atoms with Crippen molar-refractivity contribution >= 4 is 10.0 Å². The number of tetrazole rings is 1. The van der Waals surface area contributed by atoms with Crippen molar-refractivity contribution < 1.29 is 8.42 Å². The molecule has 1 aromatic heterocycles. The molecule has 0 aliphatic rings. The predicted molar refractivity (Wildman–Crippen MR) is 68.8 cm³/mol. The van der Waals surface area contributed by atoms with E-state index in [-0.39, 0.29) is 4.90 Å². The highest BCUT2D eigenvalue weighted by atomic mass is 32.2. The van der Waals surface area contributed by atoms with Gasteiger partial charge in [-0.05, 0) is 44.0 Å². The van der Waals surface area contributed by atoms with Crippen LogP contribution < -0.4 is 4.72 Å². The molecule has 0 aliphatic carbocycles. The molecule has 102 valence electrons. The molecule has 2 rings (SSSR count). The lowest BCUT2D eigenvalue weighted by Gasteiger charge is -2.11. The molecule has 1 aromatic carbocycles. The molecule has 1 heterocycles. The molecule has 0 amide bonds. The minimum absolute atomic E-state index is 0.228. The minimum Gasteiger partial charge on any atom is -0.207 e. The monoisotopic (exact) mass is 281 g/mol. The van der Waals surface area contributed by atoms with Crippen LogP contribution in [0.1, 0.15) is 29.9 Å². The van der Waals surface area contributed by atoms with Gasteiger partial charge in [0.05, 0.1) is 10.9 Å². The van der Waals surface area contributed by atoms with Crippen LogP contribution in [0.25, 0.3) is 0 Å². The van der Waals surface area contributed by atoms with Crippen molar-refractivity contribution in [2.75, 3.05) is 0 Å². The second-order valence-electron chi connectivity index (χ2n) is 4.36. The second-order valence-corrected chi connectivity index (χ2v) is 6.07. The van der Waals surface area contributed by atoms with Crippen LogP contribution in [0.5, 0.6) is 0 Å². The smallest absolute Gasteiger partial charge is 0.207 e. The van der Waals surface area contributed by atoms with Crippen LogP contribution in [0.2, 0.25) is 0 Å². The lowest BCUT2D eigenvalue weighted by atomic mass is 10.1. The van der Waals surface area contributed by atoms with Crippen molar-refractivity contribution in [2.24, 2.45) is 0 Å². The predicted octanol–water partition coefficient (Wildman–Crippen LogP) is 0.856. The number of nitrogens with one attached hydrogen (secondary N) is 2. The third-order valence-corrected chi connectivity index (χ3v) is 4.41. The lowest BCUT2D eigenvalue weighted by molar-refractivity contribution is 0.560. The Kier molecular flexibility index (Phi) is 3.63. The highest BCUT2D eigenvalue weighted by Crippen LogP contribution is 2.17. The Balaban J connectivity index is 2.25. The fourth-order valence-corrected chi connectivity index (χ4v) is 2.87. The standard InChI is InChI=1S/C11H15N5O2S/c1-7-4-5-10(6-8(7)2)19(17,18)14-9(3)11-12-15-16-13-11/h4-6,9,14H,1-3H3,(H,12,13,15,16). The van der Waals surface area contributed by atoms with Crippen molar-refractivity contribution in [3.05, 3.63) is 35.2 Å². The molecular formula is C11H15N5O2S. The number of nitrogens with zero attached hydrogens (tertiary/aromatic N) is 3. The van der Waals surface area contributed by atoms with Crippen LogP contribution in [0.4, 0.5) is 0 Å². The Labute approximate surface area is 111 Å². The van der Waals surface area contributed by atoms with Crippen LogP contribution in [0, 0.1) is 13.8 Å². The highest BCUT2D eigenvalue weighted by Gasteiger charge is 2.20. The third-order valence-electron chi connectivity index (χ3n) is 2.87. The zero-order chi connectivity index (χ0) is 14.0. The molecule has 0 fully saturated rings. The van der Waals surface area contributed by atoms with Crippen LogP contribution >= 0.6 is 0 Å². The fourth-order valence-electron chi connectivity index (χ4n) is 1.59. The zero-order valence-corrected chi connectivity index (χ0v) is 11.7. The number of aromatic nitrogens is 4. The van der Waals surface area contributed by atoms with E-state index in [0.29, 0.717) is 5.82 Å². The molecule has 0 bridgehead atoms. The van der Waals surface area contributed by atoms with Gasteiger partial charge in [-0.15, -0.1) is 10.2 Å². The van der Waals surface area contributed by atoms with E-state index in [4.69, 9.17) is 0 Å². The summed E-state index contributed by atoms with van der Waals surface area (Å²) in [7, 11) is -3.60. The number of aryl methyl sites for hydroxylation is 2. The average molecular weight is 281 g/mol. The van der Waals surface area contributed by atoms with E-state index in [1.165, 1.54) is 0 Å². The maximum absolute atomic E-state index is 12.2. The summed E-state index contributed by atoms with van der Waals surface area (Å²) >= 11 is 0. The van der Waals surface area contributed by atoms with Crippen molar-refractivity contribution in [3.63, 3.8) is 0 Å². The van der Waals surface area contributed by atoms with Crippen LogP contribution in [0.15, 0.2) is 23.1 Å². The van der Waals surface area contributed by atoms with Gasteiger partial charge in [0.15, 0.2) is 5.82 Å². The third kappa shape index (κ3) is 2.96. The van der Waals surface area contributed by atoms with Crippen molar-refractivity contribution in [3.8, 4) is 0 Å². The minimum atomic E-state index is -3.60. The molecule has 1 unspecified atom stereocenters. The van der Waals surface area contributed by atoms with Crippen molar-refractivity contribution in [1.29, 1.82) is 0 Å². The summed E-state index contributed by atoms with van der Waals surface area (Å²) in [6.07, 6.45) is 0. The van der Waals surface area contributed by atoms with Crippen molar-refractivity contribution in [1.82, 2.24) is 25.3 Å². The first kappa shape index (κ1) is 13.6. The first-order valence-electron chi connectivity index (χ1n) is 5.73. The molecule has 0 aliphatic heterocycles.